The summed E-state index contributed by atoms with van der Waals surface area (Å²) in [5.74, 6) is -1.68. The van der Waals surface area contributed by atoms with Crippen LogP contribution in [0.5, 0.6) is 5.75 Å². The van der Waals surface area contributed by atoms with Crippen LogP contribution in [-0.2, 0) is 9.47 Å². The van der Waals surface area contributed by atoms with Crippen molar-refractivity contribution in [3.63, 3.8) is 0 Å². The first kappa shape index (κ1) is 23.4. The lowest BCUT2D eigenvalue weighted by atomic mass is 10.2. The maximum atomic E-state index is 12.6. The summed E-state index contributed by atoms with van der Waals surface area (Å²) in [5, 5.41) is 13.9. The van der Waals surface area contributed by atoms with E-state index in [1.165, 1.54) is 19.4 Å². The van der Waals surface area contributed by atoms with Crippen molar-refractivity contribution < 1.29 is 23.4 Å². The minimum Gasteiger partial charge on any atom is -0.488 e. The molecular formula is C19H24N6O6S. The molecule has 2 aromatic rings. The Morgan fingerprint density at radius 3 is 2.75 bits per heavy atom. The van der Waals surface area contributed by atoms with Crippen molar-refractivity contribution in [2.24, 2.45) is 10.7 Å². The van der Waals surface area contributed by atoms with Crippen LogP contribution in [0.4, 0.5) is 16.0 Å². The Labute approximate surface area is 187 Å². The normalized spacial score (nSPS) is 16.8. The molecule has 0 saturated carbocycles. The third-order valence-electron chi connectivity index (χ3n) is 4.20. The summed E-state index contributed by atoms with van der Waals surface area (Å²) in [5.41, 5.74) is 5.41. The molecule has 1 saturated heterocycles. The van der Waals surface area contributed by atoms with E-state index in [0.29, 0.717) is 24.1 Å². The Bertz CT molecular complexity index is 1080. The fourth-order valence-corrected chi connectivity index (χ4v) is 3.36. The van der Waals surface area contributed by atoms with Gasteiger partial charge in [-0.15, -0.1) is 10.2 Å². The number of aliphatic imine (C=N–C) groups is 1. The molecule has 0 unspecified atom stereocenters. The second kappa shape index (κ2) is 9.89. The van der Waals surface area contributed by atoms with Crippen LogP contribution in [0.1, 0.15) is 31.3 Å². The molecule has 1 aliphatic heterocycles. The van der Waals surface area contributed by atoms with Gasteiger partial charge in [-0.1, -0.05) is 11.3 Å². The Hall–Kier alpha value is -3.29. The van der Waals surface area contributed by atoms with Crippen LogP contribution in [0.3, 0.4) is 0 Å². The summed E-state index contributed by atoms with van der Waals surface area (Å²) in [6.45, 7) is 6.04. The van der Waals surface area contributed by atoms with Crippen LogP contribution in [0, 0.1) is 0 Å². The van der Waals surface area contributed by atoms with E-state index in [-0.39, 0.29) is 28.4 Å². The topological polar surface area (TPSA) is 163 Å². The maximum absolute atomic E-state index is 12.6. The maximum Gasteiger partial charge on any atom is 0.381 e. The molecular weight excluding hydrogens is 440 g/mol. The van der Waals surface area contributed by atoms with Crippen molar-refractivity contribution in [1.29, 1.82) is 0 Å². The molecule has 2 aromatic heterocycles. The number of nitrogens with two attached hydrogens (primary N) is 1. The summed E-state index contributed by atoms with van der Waals surface area (Å²) in [6, 6.07) is 1.11. The third-order valence-corrected chi connectivity index (χ3v) is 4.94. The van der Waals surface area contributed by atoms with Crippen LogP contribution in [0.25, 0.3) is 0 Å². The monoisotopic (exact) mass is 464 g/mol. The summed E-state index contributed by atoms with van der Waals surface area (Å²) in [6.07, 6.45) is 2.95. The van der Waals surface area contributed by atoms with E-state index in [1.54, 1.807) is 13.0 Å². The molecule has 0 aliphatic carbocycles. The molecule has 0 atom stereocenters. The second-order valence-electron chi connectivity index (χ2n) is 7.16. The average Bonchev–Trinajstić information content (AvgIpc) is 3.16. The molecule has 1 aliphatic rings. The summed E-state index contributed by atoms with van der Waals surface area (Å²) >= 11 is 1.04. The fraction of sp³-hybridized carbons (Fsp3) is 0.421. The largest absolute Gasteiger partial charge is 0.488 e. The number of nitrogens with zero attached hydrogens (tertiary/aromatic N) is 3. The van der Waals surface area contributed by atoms with Gasteiger partial charge in [-0.3, -0.25) is 10.1 Å². The van der Waals surface area contributed by atoms with Gasteiger partial charge in [0.2, 0.25) is 16.0 Å². The second-order valence-corrected chi connectivity index (χ2v) is 8.12. The number of allylic oxidation sites excluding steroid dienone is 1. The lowest BCUT2D eigenvalue weighted by Crippen LogP contribution is -2.45. The molecule has 12 nitrogen and oxygen atoms in total. The van der Waals surface area contributed by atoms with Crippen molar-refractivity contribution in [2.75, 3.05) is 31.0 Å². The summed E-state index contributed by atoms with van der Waals surface area (Å²) in [7, 11) is 1.33. The highest BCUT2D eigenvalue weighted by molar-refractivity contribution is 7.18. The Balaban J connectivity index is 1.76. The van der Waals surface area contributed by atoms with E-state index in [0.717, 1.165) is 11.3 Å². The van der Waals surface area contributed by atoms with E-state index in [9.17, 15) is 9.59 Å². The number of rotatable bonds is 7. The number of carbonyl (C=O) groups excluding carboxylic acids is 1. The zero-order valence-corrected chi connectivity index (χ0v) is 18.8. The molecule has 0 aromatic carbocycles. The number of aromatic nitrogens is 2. The number of amides is 1. The minimum atomic E-state index is -0.813. The van der Waals surface area contributed by atoms with Crippen molar-refractivity contribution in [2.45, 2.75) is 32.6 Å². The first-order valence-electron chi connectivity index (χ1n) is 9.56. The lowest BCUT2D eigenvalue weighted by molar-refractivity contribution is -0.247. The molecule has 1 fully saturated rings. The molecule has 13 heteroatoms. The Kier molecular flexibility index (Phi) is 7.22. The van der Waals surface area contributed by atoms with Crippen molar-refractivity contribution in [1.82, 2.24) is 10.2 Å². The lowest BCUT2D eigenvalue weighted by Gasteiger charge is -2.35. The van der Waals surface area contributed by atoms with E-state index in [2.05, 4.69) is 25.8 Å². The molecule has 3 heterocycles. The van der Waals surface area contributed by atoms with Gasteiger partial charge in [0, 0.05) is 11.8 Å². The minimum absolute atomic E-state index is 0.0673. The summed E-state index contributed by atoms with van der Waals surface area (Å²) < 4.78 is 21.5. The van der Waals surface area contributed by atoms with Crippen molar-refractivity contribution >= 4 is 38.9 Å². The standard InChI is InChI=1S/C19H24N6O6S/c1-10(5-6-20)21-17-24-25-18(32-17)23-15(26)13-7-12(14(28-4)16(27)31-13)22-11-8-29-19(2,3)30-9-11/h5-7,11,22H,8-9,20H2,1-4H3,(H,23,25,26)/b6-5-,21-10+. The molecule has 172 valence electrons. The van der Waals surface area contributed by atoms with E-state index in [4.69, 9.17) is 24.4 Å². The van der Waals surface area contributed by atoms with Gasteiger partial charge in [-0.05, 0) is 33.0 Å². The highest BCUT2D eigenvalue weighted by Crippen LogP contribution is 2.27. The zero-order chi connectivity index (χ0) is 23.3. The van der Waals surface area contributed by atoms with Crippen molar-refractivity contribution in [3.05, 3.63) is 34.5 Å². The van der Waals surface area contributed by atoms with E-state index >= 15 is 0 Å². The zero-order valence-electron chi connectivity index (χ0n) is 18.0. The van der Waals surface area contributed by atoms with Crippen LogP contribution in [0.15, 0.2) is 32.5 Å². The number of hydrogen-bond donors (Lipinski definition) is 3. The van der Waals surface area contributed by atoms with Crippen LogP contribution in [-0.4, -0.2) is 54.0 Å². The fourth-order valence-electron chi connectivity index (χ4n) is 2.69. The van der Waals surface area contributed by atoms with Gasteiger partial charge >= 0.3 is 5.63 Å². The SMILES string of the molecule is COc1c(NC2COC(C)(C)OC2)cc(C(=O)Nc2nnc(/N=C(C)/C=C\N)s2)oc1=O. The molecule has 3 rings (SSSR count). The van der Waals surface area contributed by atoms with E-state index in [1.807, 2.05) is 13.8 Å². The van der Waals surface area contributed by atoms with Gasteiger partial charge in [0.1, 0.15) is 0 Å². The molecule has 0 spiro atoms. The third kappa shape index (κ3) is 5.90. The predicted octanol–water partition coefficient (Wildman–Crippen LogP) is 1.88. The number of carbonyl (C=O) groups is 1. The highest BCUT2D eigenvalue weighted by atomic mass is 32.1. The Morgan fingerprint density at radius 2 is 2.09 bits per heavy atom. The van der Waals surface area contributed by atoms with Crippen molar-refractivity contribution in [3.8, 4) is 5.75 Å². The highest BCUT2D eigenvalue weighted by Gasteiger charge is 2.29. The number of hydrogen-bond acceptors (Lipinski definition) is 12. The molecule has 0 bridgehead atoms. The van der Waals surface area contributed by atoms with E-state index < -0.39 is 17.3 Å². The first-order valence-corrected chi connectivity index (χ1v) is 10.4. The quantitative estimate of drug-likeness (QED) is 0.515. The van der Waals surface area contributed by atoms with Gasteiger partial charge in [0.25, 0.3) is 5.91 Å². The molecule has 4 N–H and O–H groups in total. The molecule has 32 heavy (non-hydrogen) atoms. The van der Waals surface area contributed by atoms with Gasteiger partial charge in [-0.2, -0.15) is 0 Å². The number of nitrogens with one attached hydrogen (secondary N) is 2. The summed E-state index contributed by atoms with van der Waals surface area (Å²) in [4.78, 5) is 29.2. The van der Waals surface area contributed by atoms with Gasteiger partial charge < -0.3 is 29.7 Å². The number of ether oxygens (including phenoxy) is 3. The van der Waals surface area contributed by atoms with Gasteiger partial charge in [0.15, 0.2) is 11.5 Å². The van der Waals surface area contributed by atoms with Gasteiger partial charge in [-0.25, -0.2) is 9.79 Å². The number of methoxy groups -OCH3 is 1. The van der Waals surface area contributed by atoms with Crippen LogP contribution in [0.2, 0.25) is 0 Å². The predicted molar refractivity (Wildman–Crippen MR) is 119 cm³/mol. The Morgan fingerprint density at radius 1 is 1.38 bits per heavy atom. The first-order chi connectivity index (χ1) is 15.2. The molecule has 1 amide bonds. The molecule has 0 radical (unpaired) electrons. The van der Waals surface area contributed by atoms with Crippen LogP contribution >= 0.6 is 11.3 Å². The number of anilines is 2. The average molecular weight is 465 g/mol. The van der Waals surface area contributed by atoms with Crippen LogP contribution < -0.4 is 26.7 Å². The van der Waals surface area contributed by atoms with Gasteiger partial charge in [0.05, 0.1) is 32.1 Å². The smallest absolute Gasteiger partial charge is 0.381 e.